The highest BCUT2D eigenvalue weighted by Gasteiger charge is 2.23. The van der Waals surface area contributed by atoms with Gasteiger partial charge in [0.05, 0.1) is 32.6 Å². The largest absolute Gasteiger partial charge is 0.497 e. The lowest BCUT2D eigenvalue weighted by Gasteiger charge is -2.15. The maximum atomic E-state index is 5.51. The van der Waals surface area contributed by atoms with Crippen LogP contribution in [-0.4, -0.2) is 47.7 Å². The maximum absolute atomic E-state index is 5.51. The monoisotopic (exact) mass is 382 g/mol. The number of aromatic nitrogens is 3. The van der Waals surface area contributed by atoms with Gasteiger partial charge in [-0.15, -0.1) is 10.2 Å². The molecular formula is C19H18N4O3S. The fraction of sp³-hybridized carbons (Fsp3) is 0.211. The Hall–Kier alpha value is -3.00. The van der Waals surface area contributed by atoms with Gasteiger partial charge in [0.25, 0.3) is 0 Å². The SMILES string of the molecule is COc1cccc(C2=Nn3c(nnc3-c3ccc(OC)cc3OC)SC2)c1. The molecule has 138 valence electrons. The molecule has 0 spiro atoms. The lowest BCUT2D eigenvalue weighted by molar-refractivity contribution is 0.395. The van der Waals surface area contributed by atoms with Crippen LogP contribution in [0.2, 0.25) is 0 Å². The van der Waals surface area contributed by atoms with Crippen LogP contribution >= 0.6 is 11.8 Å². The Morgan fingerprint density at radius 2 is 1.74 bits per heavy atom. The van der Waals surface area contributed by atoms with Crippen molar-refractivity contribution in [2.24, 2.45) is 5.10 Å². The van der Waals surface area contributed by atoms with E-state index in [1.54, 1.807) is 37.8 Å². The van der Waals surface area contributed by atoms with Gasteiger partial charge in [-0.25, -0.2) is 0 Å². The first-order valence-corrected chi connectivity index (χ1v) is 9.25. The van der Waals surface area contributed by atoms with E-state index in [1.165, 1.54) is 0 Å². The Kier molecular flexibility index (Phi) is 4.72. The third-order valence-corrected chi connectivity index (χ3v) is 5.15. The summed E-state index contributed by atoms with van der Waals surface area (Å²) in [5, 5.41) is 14.1. The molecule has 3 aromatic rings. The average molecular weight is 382 g/mol. The fourth-order valence-electron chi connectivity index (χ4n) is 2.82. The summed E-state index contributed by atoms with van der Waals surface area (Å²) in [6.07, 6.45) is 0. The summed E-state index contributed by atoms with van der Waals surface area (Å²) < 4.78 is 17.9. The zero-order valence-corrected chi connectivity index (χ0v) is 16.0. The number of methoxy groups -OCH3 is 3. The quantitative estimate of drug-likeness (QED) is 0.674. The van der Waals surface area contributed by atoms with Crippen molar-refractivity contribution in [1.82, 2.24) is 14.9 Å². The van der Waals surface area contributed by atoms with Crippen LogP contribution in [0.15, 0.2) is 52.7 Å². The molecule has 0 atom stereocenters. The highest BCUT2D eigenvalue weighted by Crippen LogP contribution is 2.35. The molecule has 2 aromatic carbocycles. The van der Waals surface area contributed by atoms with Crippen molar-refractivity contribution in [2.45, 2.75) is 5.16 Å². The lowest BCUT2D eigenvalue weighted by Crippen LogP contribution is -2.14. The summed E-state index contributed by atoms with van der Waals surface area (Å²) in [4.78, 5) is 0. The number of hydrogen-bond acceptors (Lipinski definition) is 7. The van der Waals surface area contributed by atoms with Crippen LogP contribution in [0, 0.1) is 0 Å². The van der Waals surface area contributed by atoms with Gasteiger partial charge in [-0.3, -0.25) is 0 Å². The van der Waals surface area contributed by atoms with E-state index in [0.717, 1.165) is 27.7 Å². The van der Waals surface area contributed by atoms with Gasteiger partial charge in [-0.1, -0.05) is 23.9 Å². The minimum absolute atomic E-state index is 0.622. The molecule has 8 heteroatoms. The summed E-state index contributed by atoms with van der Waals surface area (Å²) >= 11 is 1.59. The normalized spacial score (nSPS) is 12.9. The molecule has 2 heterocycles. The number of thioether (sulfide) groups is 1. The second-order valence-corrected chi connectivity index (χ2v) is 6.69. The number of hydrogen-bond donors (Lipinski definition) is 0. The molecule has 27 heavy (non-hydrogen) atoms. The van der Waals surface area contributed by atoms with Crippen molar-refractivity contribution in [3.63, 3.8) is 0 Å². The first-order valence-electron chi connectivity index (χ1n) is 8.26. The fourth-order valence-corrected chi connectivity index (χ4v) is 3.66. The van der Waals surface area contributed by atoms with E-state index in [-0.39, 0.29) is 0 Å². The van der Waals surface area contributed by atoms with Gasteiger partial charge < -0.3 is 14.2 Å². The molecule has 7 nitrogen and oxygen atoms in total. The van der Waals surface area contributed by atoms with Crippen molar-refractivity contribution < 1.29 is 14.2 Å². The van der Waals surface area contributed by atoms with Gasteiger partial charge in [0.2, 0.25) is 5.16 Å². The van der Waals surface area contributed by atoms with Crippen molar-refractivity contribution >= 4 is 17.5 Å². The van der Waals surface area contributed by atoms with E-state index < -0.39 is 0 Å². The molecule has 0 bridgehead atoms. The zero-order valence-electron chi connectivity index (χ0n) is 15.2. The molecule has 0 radical (unpaired) electrons. The second-order valence-electron chi connectivity index (χ2n) is 5.75. The van der Waals surface area contributed by atoms with E-state index in [1.807, 2.05) is 42.5 Å². The third-order valence-electron chi connectivity index (χ3n) is 4.22. The Balaban J connectivity index is 1.79. The van der Waals surface area contributed by atoms with Crippen LogP contribution in [0.3, 0.4) is 0 Å². The highest BCUT2D eigenvalue weighted by atomic mass is 32.2. The van der Waals surface area contributed by atoms with Crippen molar-refractivity contribution in [3.05, 3.63) is 48.0 Å². The van der Waals surface area contributed by atoms with Crippen LogP contribution in [0.25, 0.3) is 11.4 Å². The molecule has 0 aliphatic carbocycles. The van der Waals surface area contributed by atoms with Crippen molar-refractivity contribution in [2.75, 3.05) is 27.1 Å². The molecule has 0 amide bonds. The molecule has 0 N–H and O–H groups in total. The number of fused-ring (bicyclic) bond motifs is 1. The predicted molar refractivity (Wildman–Crippen MR) is 104 cm³/mol. The Labute approximate surface area is 161 Å². The number of ether oxygens (including phenoxy) is 3. The van der Waals surface area contributed by atoms with Crippen LogP contribution in [-0.2, 0) is 0 Å². The molecule has 1 aromatic heterocycles. The summed E-state index contributed by atoms with van der Waals surface area (Å²) in [6.45, 7) is 0. The number of rotatable bonds is 5. The standard InChI is InChI=1S/C19H18N4O3S/c1-24-13-6-4-5-12(9-13)16-11-27-19-21-20-18(23(19)22-16)15-8-7-14(25-2)10-17(15)26-3/h4-10H,11H2,1-3H3. The van der Waals surface area contributed by atoms with Crippen LogP contribution < -0.4 is 14.2 Å². The molecule has 0 saturated heterocycles. The average Bonchev–Trinajstić information content (AvgIpc) is 3.16. The van der Waals surface area contributed by atoms with E-state index in [0.29, 0.717) is 23.1 Å². The molecule has 4 rings (SSSR count). The first kappa shape index (κ1) is 17.4. The van der Waals surface area contributed by atoms with Gasteiger partial charge in [-0.2, -0.15) is 9.78 Å². The van der Waals surface area contributed by atoms with E-state index in [9.17, 15) is 0 Å². The second kappa shape index (κ2) is 7.32. The Morgan fingerprint density at radius 1 is 0.926 bits per heavy atom. The number of benzene rings is 2. The lowest BCUT2D eigenvalue weighted by atomic mass is 10.1. The highest BCUT2D eigenvalue weighted by molar-refractivity contribution is 7.99. The predicted octanol–water partition coefficient (Wildman–Crippen LogP) is 3.33. The minimum atomic E-state index is 0.622. The summed E-state index contributed by atoms with van der Waals surface area (Å²) in [5.41, 5.74) is 2.74. The van der Waals surface area contributed by atoms with Gasteiger partial charge >= 0.3 is 0 Å². The first-order chi connectivity index (χ1) is 13.2. The third kappa shape index (κ3) is 3.23. The molecule has 1 aliphatic rings. The van der Waals surface area contributed by atoms with Crippen LogP contribution in [0.4, 0.5) is 0 Å². The van der Waals surface area contributed by atoms with E-state index in [2.05, 4.69) is 10.2 Å². The zero-order chi connectivity index (χ0) is 18.8. The minimum Gasteiger partial charge on any atom is -0.497 e. The molecule has 0 unspecified atom stereocenters. The van der Waals surface area contributed by atoms with Crippen molar-refractivity contribution in [1.29, 1.82) is 0 Å². The smallest absolute Gasteiger partial charge is 0.212 e. The molecular weight excluding hydrogens is 364 g/mol. The topological polar surface area (TPSA) is 70.8 Å². The van der Waals surface area contributed by atoms with E-state index in [4.69, 9.17) is 19.3 Å². The summed E-state index contributed by atoms with van der Waals surface area (Å²) in [6, 6.07) is 13.4. The van der Waals surface area contributed by atoms with E-state index >= 15 is 0 Å². The molecule has 0 saturated carbocycles. The maximum Gasteiger partial charge on any atom is 0.212 e. The summed E-state index contributed by atoms with van der Waals surface area (Å²) in [5.74, 6) is 3.50. The van der Waals surface area contributed by atoms with Gasteiger partial charge in [0, 0.05) is 17.4 Å². The van der Waals surface area contributed by atoms with Gasteiger partial charge in [-0.05, 0) is 24.3 Å². The Bertz CT molecular complexity index is 1020. The van der Waals surface area contributed by atoms with Gasteiger partial charge in [0.1, 0.15) is 17.2 Å². The Morgan fingerprint density at radius 3 is 2.52 bits per heavy atom. The van der Waals surface area contributed by atoms with Crippen LogP contribution in [0.1, 0.15) is 5.56 Å². The number of nitrogens with zero attached hydrogens (tertiary/aromatic N) is 4. The van der Waals surface area contributed by atoms with Crippen LogP contribution in [0.5, 0.6) is 17.2 Å². The molecule has 1 aliphatic heterocycles. The van der Waals surface area contributed by atoms with Gasteiger partial charge in [0.15, 0.2) is 5.82 Å². The molecule has 0 fully saturated rings. The van der Waals surface area contributed by atoms with Crippen molar-refractivity contribution in [3.8, 4) is 28.6 Å². The summed E-state index contributed by atoms with van der Waals surface area (Å²) in [7, 11) is 4.89.